The number of aromatic nitrogens is 2. The number of thiophene rings is 1. The van der Waals surface area contributed by atoms with Crippen molar-refractivity contribution in [1.82, 2.24) is 14.9 Å². The normalized spacial score (nSPS) is 22.2. The van der Waals surface area contributed by atoms with Crippen LogP contribution in [0.25, 0.3) is 15.9 Å². The number of amides is 1. The number of carbonyl (C=O) groups excluding carboxylic acids is 1. The highest BCUT2D eigenvalue weighted by Crippen LogP contribution is 2.35. The first-order valence-electron chi connectivity index (χ1n) is 12.9. The number of nitrogens with zero attached hydrogens (tertiary/aromatic N) is 2. The van der Waals surface area contributed by atoms with Crippen molar-refractivity contribution in [2.24, 2.45) is 11.8 Å². The molecule has 2 aliphatic carbocycles. The summed E-state index contributed by atoms with van der Waals surface area (Å²) in [6.45, 7) is 8.62. The van der Waals surface area contributed by atoms with Gasteiger partial charge in [0.2, 0.25) is 5.91 Å². The standard InChI is InChI=1S/C28H35N3O2S2/c1-16-12-17(2)14-20(13-16)31-27(33)25-21-9-5-6-11-23(21)35-26(25)30-28(31)34-15-24(32)29-22-10-7-8-18(3)19(22)4/h12-14,18-19,22H,5-11,15H2,1-4H3,(H,29,32). The predicted molar refractivity (Wildman–Crippen MR) is 146 cm³/mol. The quantitative estimate of drug-likeness (QED) is 0.340. The van der Waals surface area contributed by atoms with Crippen molar-refractivity contribution in [1.29, 1.82) is 0 Å². The first-order chi connectivity index (χ1) is 16.8. The van der Waals surface area contributed by atoms with Crippen LogP contribution in [0.1, 0.15) is 67.5 Å². The summed E-state index contributed by atoms with van der Waals surface area (Å²) in [7, 11) is 0. The molecule has 1 amide bonds. The molecule has 186 valence electrons. The molecule has 2 heterocycles. The van der Waals surface area contributed by atoms with Crippen molar-refractivity contribution in [3.8, 4) is 5.69 Å². The van der Waals surface area contributed by atoms with E-state index in [-0.39, 0.29) is 23.3 Å². The number of carbonyl (C=O) groups is 1. The largest absolute Gasteiger partial charge is 0.352 e. The van der Waals surface area contributed by atoms with Gasteiger partial charge in [0.15, 0.2) is 5.16 Å². The molecule has 1 N–H and O–H groups in total. The molecular formula is C28H35N3O2S2. The highest BCUT2D eigenvalue weighted by atomic mass is 32.2. The Hall–Kier alpha value is -2.12. The van der Waals surface area contributed by atoms with Crippen LogP contribution in [-0.4, -0.2) is 27.3 Å². The van der Waals surface area contributed by atoms with Crippen molar-refractivity contribution in [2.45, 2.75) is 83.8 Å². The van der Waals surface area contributed by atoms with E-state index < -0.39 is 0 Å². The van der Waals surface area contributed by atoms with Gasteiger partial charge in [0.05, 0.1) is 16.8 Å². The fourth-order valence-electron chi connectivity index (χ4n) is 5.75. The van der Waals surface area contributed by atoms with E-state index in [0.717, 1.165) is 59.1 Å². The second-order valence-electron chi connectivity index (χ2n) is 10.5. The molecule has 1 aromatic carbocycles. The summed E-state index contributed by atoms with van der Waals surface area (Å²) in [4.78, 5) is 34.0. The average Bonchev–Trinajstić information content (AvgIpc) is 3.19. The maximum Gasteiger partial charge on any atom is 0.267 e. The van der Waals surface area contributed by atoms with Crippen LogP contribution < -0.4 is 10.9 Å². The van der Waals surface area contributed by atoms with Gasteiger partial charge in [-0.1, -0.05) is 44.5 Å². The lowest BCUT2D eigenvalue weighted by molar-refractivity contribution is -0.120. The van der Waals surface area contributed by atoms with Crippen LogP contribution >= 0.6 is 23.1 Å². The van der Waals surface area contributed by atoms with Gasteiger partial charge in [-0.25, -0.2) is 4.98 Å². The van der Waals surface area contributed by atoms with Gasteiger partial charge >= 0.3 is 0 Å². The Morgan fingerprint density at radius 1 is 1.11 bits per heavy atom. The van der Waals surface area contributed by atoms with E-state index >= 15 is 0 Å². The first kappa shape index (κ1) is 24.6. The Labute approximate surface area is 215 Å². The monoisotopic (exact) mass is 509 g/mol. The van der Waals surface area contributed by atoms with E-state index in [1.54, 1.807) is 15.9 Å². The number of rotatable bonds is 5. The topological polar surface area (TPSA) is 64.0 Å². The molecular weight excluding hydrogens is 474 g/mol. The van der Waals surface area contributed by atoms with Crippen LogP contribution in [0.5, 0.6) is 0 Å². The summed E-state index contributed by atoms with van der Waals surface area (Å²) >= 11 is 3.04. The van der Waals surface area contributed by atoms with Crippen LogP contribution in [0.2, 0.25) is 0 Å². The van der Waals surface area contributed by atoms with E-state index in [4.69, 9.17) is 4.98 Å². The molecule has 0 aliphatic heterocycles. The lowest BCUT2D eigenvalue weighted by atomic mass is 9.78. The molecule has 0 saturated heterocycles. The van der Waals surface area contributed by atoms with Crippen molar-refractivity contribution in [2.75, 3.05) is 5.75 Å². The molecule has 0 radical (unpaired) electrons. The van der Waals surface area contributed by atoms with E-state index in [0.29, 0.717) is 17.0 Å². The van der Waals surface area contributed by atoms with Gasteiger partial charge in [0.25, 0.3) is 5.56 Å². The van der Waals surface area contributed by atoms with Crippen LogP contribution in [0.3, 0.4) is 0 Å². The van der Waals surface area contributed by atoms with Gasteiger partial charge in [-0.05, 0) is 86.6 Å². The number of nitrogens with one attached hydrogen (secondary N) is 1. The third-order valence-electron chi connectivity index (χ3n) is 7.81. The minimum Gasteiger partial charge on any atom is -0.352 e. The zero-order chi connectivity index (χ0) is 24.7. The van der Waals surface area contributed by atoms with Crippen molar-refractivity contribution in [3.05, 3.63) is 50.1 Å². The molecule has 1 saturated carbocycles. The Kier molecular flexibility index (Phi) is 7.09. The summed E-state index contributed by atoms with van der Waals surface area (Å²) in [6, 6.07) is 6.42. The second-order valence-corrected chi connectivity index (χ2v) is 12.5. The number of fused-ring (bicyclic) bond motifs is 3. The third-order valence-corrected chi connectivity index (χ3v) is 9.93. The van der Waals surface area contributed by atoms with Crippen LogP contribution in [0.4, 0.5) is 0 Å². The third kappa shape index (κ3) is 4.94. The van der Waals surface area contributed by atoms with Gasteiger partial charge in [0, 0.05) is 10.9 Å². The zero-order valence-electron chi connectivity index (χ0n) is 21.1. The first-order valence-corrected chi connectivity index (χ1v) is 14.7. The lowest BCUT2D eigenvalue weighted by Crippen LogP contribution is -2.44. The van der Waals surface area contributed by atoms with E-state index in [1.807, 2.05) is 26.0 Å². The van der Waals surface area contributed by atoms with Gasteiger partial charge in [-0.15, -0.1) is 11.3 Å². The Morgan fingerprint density at radius 2 is 1.86 bits per heavy atom. The molecule has 3 unspecified atom stereocenters. The molecule has 0 spiro atoms. The minimum atomic E-state index is -0.00274. The Morgan fingerprint density at radius 3 is 2.63 bits per heavy atom. The molecule has 3 atom stereocenters. The van der Waals surface area contributed by atoms with E-state index in [9.17, 15) is 9.59 Å². The molecule has 0 bridgehead atoms. The van der Waals surface area contributed by atoms with Crippen molar-refractivity contribution >= 4 is 39.2 Å². The average molecular weight is 510 g/mol. The molecule has 35 heavy (non-hydrogen) atoms. The number of thioether (sulfide) groups is 1. The summed E-state index contributed by atoms with van der Waals surface area (Å²) < 4.78 is 1.74. The fourth-order valence-corrected chi connectivity index (χ4v) is 7.88. The molecule has 2 aromatic heterocycles. The molecule has 7 heteroatoms. The number of aryl methyl sites for hydroxylation is 4. The highest BCUT2D eigenvalue weighted by molar-refractivity contribution is 7.99. The summed E-state index contributed by atoms with van der Waals surface area (Å²) in [5, 5.41) is 4.65. The van der Waals surface area contributed by atoms with Gasteiger partial charge in [-0.3, -0.25) is 14.2 Å². The maximum atomic E-state index is 14.0. The SMILES string of the molecule is Cc1cc(C)cc(-n2c(SCC(=O)NC3CCCC(C)C3C)nc3sc4c(c3c2=O)CCCC4)c1. The molecule has 5 nitrogen and oxygen atoms in total. The van der Waals surface area contributed by atoms with Crippen molar-refractivity contribution < 1.29 is 4.79 Å². The Balaban J connectivity index is 1.50. The van der Waals surface area contributed by atoms with E-state index in [2.05, 4.69) is 25.2 Å². The van der Waals surface area contributed by atoms with Crippen LogP contribution in [-0.2, 0) is 17.6 Å². The number of hydrogen-bond acceptors (Lipinski definition) is 5. The molecule has 5 rings (SSSR count). The van der Waals surface area contributed by atoms with E-state index in [1.165, 1.54) is 35.0 Å². The minimum absolute atomic E-state index is 0.00274. The van der Waals surface area contributed by atoms with Crippen LogP contribution in [0.15, 0.2) is 28.2 Å². The number of benzene rings is 1. The highest BCUT2D eigenvalue weighted by Gasteiger charge is 2.28. The fraction of sp³-hybridized carbons (Fsp3) is 0.536. The smallest absolute Gasteiger partial charge is 0.267 e. The van der Waals surface area contributed by atoms with Gasteiger partial charge in [-0.2, -0.15) is 0 Å². The second kappa shape index (κ2) is 10.1. The molecule has 1 fully saturated rings. The summed E-state index contributed by atoms with van der Waals surface area (Å²) in [5.41, 5.74) is 4.23. The molecule has 3 aromatic rings. The number of hydrogen-bond donors (Lipinski definition) is 1. The van der Waals surface area contributed by atoms with Crippen molar-refractivity contribution in [3.63, 3.8) is 0 Å². The predicted octanol–water partition coefficient (Wildman–Crippen LogP) is 5.98. The van der Waals surface area contributed by atoms with Gasteiger partial charge < -0.3 is 5.32 Å². The van der Waals surface area contributed by atoms with Crippen LogP contribution in [0, 0.1) is 25.7 Å². The summed E-state index contributed by atoms with van der Waals surface area (Å²) in [5.74, 6) is 1.39. The lowest BCUT2D eigenvalue weighted by Gasteiger charge is -2.34. The summed E-state index contributed by atoms with van der Waals surface area (Å²) in [6.07, 6.45) is 7.71. The zero-order valence-corrected chi connectivity index (χ0v) is 22.8. The Bertz CT molecular complexity index is 1310. The molecule has 2 aliphatic rings. The maximum absolute atomic E-state index is 14.0. The van der Waals surface area contributed by atoms with Gasteiger partial charge in [0.1, 0.15) is 4.83 Å².